The number of hydrogen-bond acceptors (Lipinski definition) is 3. The summed E-state index contributed by atoms with van der Waals surface area (Å²) in [6.45, 7) is -0.167. The Hall–Kier alpha value is -3.03. The monoisotopic (exact) mass is 381 g/mol. The van der Waals surface area contributed by atoms with E-state index in [4.69, 9.17) is 9.84 Å². The van der Waals surface area contributed by atoms with Crippen molar-refractivity contribution in [2.45, 2.75) is 25.7 Å². The molecule has 0 spiro atoms. The zero-order chi connectivity index (χ0) is 19.9. The molecule has 0 saturated carbocycles. The van der Waals surface area contributed by atoms with Crippen LogP contribution in [0.25, 0.3) is 0 Å². The minimum atomic E-state index is -4.45. The van der Waals surface area contributed by atoms with Crippen LogP contribution in [0.2, 0.25) is 0 Å². The molecule has 0 aliphatic carbocycles. The molecule has 27 heavy (non-hydrogen) atoms. The van der Waals surface area contributed by atoms with Crippen LogP contribution in [0.5, 0.6) is 0 Å². The van der Waals surface area contributed by atoms with E-state index in [1.165, 1.54) is 12.1 Å². The van der Waals surface area contributed by atoms with Gasteiger partial charge in [-0.05, 0) is 23.3 Å². The van der Waals surface area contributed by atoms with Crippen molar-refractivity contribution in [1.82, 2.24) is 4.90 Å². The molecule has 0 saturated heterocycles. The van der Waals surface area contributed by atoms with Crippen molar-refractivity contribution in [3.05, 3.63) is 71.3 Å². The maximum Gasteiger partial charge on any atom is 0.416 e. The van der Waals surface area contributed by atoms with Gasteiger partial charge in [0.15, 0.2) is 0 Å². The van der Waals surface area contributed by atoms with E-state index >= 15 is 0 Å². The molecule has 0 unspecified atom stereocenters. The van der Waals surface area contributed by atoms with Gasteiger partial charge in [0.05, 0.1) is 12.0 Å². The second-order valence-corrected chi connectivity index (χ2v) is 5.80. The van der Waals surface area contributed by atoms with Crippen LogP contribution in [0.4, 0.5) is 18.0 Å². The molecule has 8 heteroatoms. The summed E-state index contributed by atoms with van der Waals surface area (Å²) in [6, 6.07) is 13.3. The van der Waals surface area contributed by atoms with Gasteiger partial charge in [-0.25, -0.2) is 4.79 Å². The van der Waals surface area contributed by atoms with E-state index in [1.807, 2.05) is 6.07 Å². The number of halogens is 3. The SMILES string of the molecule is O=C(O)CCN(Cc1ccc(C(F)(F)F)cc1)C(=O)OCc1ccccc1. The van der Waals surface area contributed by atoms with Gasteiger partial charge in [0, 0.05) is 13.1 Å². The number of carboxylic acids is 1. The number of nitrogens with zero attached hydrogens (tertiary/aromatic N) is 1. The Labute approximate surface area is 154 Å². The van der Waals surface area contributed by atoms with Crippen LogP contribution in [-0.2, 0) is 28.9 Å². The van der Waals surface area contributed by atoms with Crippen molar-refractivity contribution in [3.8, 4) is 0 Å². The molecular weight excluding hydrogens is 363 g/mol. The highest BCUT2D eigenvalue weighted by Crippen LogP contribution is 2.29. The number of rotatable bonds is 7. The van der Waals surface area contributed by atoms with E-state index in [9.17, 15) is 22.8 Å². The molecule has 0 aromatic heterocycles. The molecule has 0 aliphatic rings. The predicted octanol–water partition coefficient (Wildman–Crippen LogP) is 4.32. The quantitative estimate of drug-likeness (QED) is 0.776. The van der Waals surface area contributed by atoms with Gasteiger partial charge < -0.3 is 14.7 Å². The van der Waals surface area contributed by atoms with Gasteiger partial charge in [0.2, 0.25) is 0 Å². The second kappa shape index (κ2) is 9.07. The smallest absolute Gasteiger partial charge is 0.416 e. The van der Waals surface area contributed by atoms with Crippen LogP contribution in [0, 0.1) is 0 Å². The lowest BCUT2D eigenvalue weighted by molar-refractivity contribution is -0.138. The molecule has 0 heterocycles. The van der Waals surface area contributed by atoms with Crippen LogP contribution in [0.3, 0.4) is 0 Å². The number of amides is 1. The van der Waals surface area contributed by atoms with E-state index < -0.39 is 23.8 Å². The summed E-state index contributed by atoms with van der Waals surface area (Å²) >= 11 is 0. The van der Waals surface area contributed by atoms with Crippen LogP contribution in [0.15, 0.2) is 54.6 Å². The molecule has 2 rings (SSSR count). The first kappa shape index (κ1) is 20.3. The molecule has 2 aromatic carbocycles. The zero-order valence-electron chi connectivity index (χ0n) is 14.3. The number of aliphatic carboxylic acids is 1. The highest BCUT2D eigenvalue weighted by molar-refractivity contribution is 5.70. The molecule has 1 N–H and O–H groups in total. The maximum absolute atomic E-state index is 12.6. The van der Waals surface area contributed by atoms with Gasteiger partial charge in [0.25, 0.3) is 0 Å². The molecule has 0 radical (unpaired) electrons. The van der Waals surface area contributed by atoms with Gasteiger partial charge >= 0.3 is 18.2 Å². The predicted molar refractivity (Wildman–Crippen MR) is 90.7 cm³/mol. The number of ether oxygens (including phenoxy) is 1. The van der Waals surface area contributed by atoms with Gasteiger partial charge in [-0.2, -0.15) is 13.2 Å². The molecule has 5 nitrogen and oxygen atoms in total. The van der Waals surface area contributed by atoms with Crippen LogP contribution in [-0.4, -0.2) is 28.6 Å². The van der Waals surface area contributed by atoms with Gasteiger partial charge in [0.1, 0.15) is 6.61 Å². The van der Waals surface area contributed by atoms with E-state index in [-0.39, 0.29) is 26.1 Å². The van der Waals surface area contributed by atoms with Gasteiger partial charge in [-0.3, -0.25) is 4.79 Å². The topological polar surface area (TPSA) is 66.8 Å². The number of alkyl halides is 3. The molecule has 0 aliphatic heterocycles. The Balaban J connectivity index is 2.04. The number of benzene rings is 2. The third-order valence-electron chi connectivity index (χ3n) is 3.71. The lowest BCUT2D eigenvalue weighted by Gasteiger charge is -2.22. The summed E-state index contributed by atoms with van der Waals surface area (Å²) in [5.41, 5.74) is 0.401. The molecule has 144 valence electrons. The number of carbonyl (C=O) groups excluding carboxylic acids is 1. The summed E-state index contributed by atoms with van der Waals surface area (Å²) in [6.07, 6.45) is -5.49. The van der Waals surface area contributed by atoms with Crippen molar-refractivity contribution in [2.24, 2.45) is 0 Å². The third-order valence-corrected chi connectivity index (χ3v) is 3.71. The van der Waals surface area contributed by atoms with Gasteiger partial charge in [-0.1, -0.05) is 42.5 Å². The highest BCUT2D eigenvalue weighted by Gasteiger charge is 2.30. The first-order valence-corrected chi connectivity index (χ1v) is 8.09. The maximum atomic E-state index is 12.6. The second-order valence-electron chi connectivity index (χ2n) is 5.80. The molecular formula is C19H18F3NO4. The van der Waals surface area contributed by atoms with Crippen molar-refractivity contribution in [1.29, 1.82) is 0 Å². The van der Waals surface area contributed by atoms with Crippen LogP contribution in [0.1, 0.15) is 23.1 Å². The minimum Gasteiger partial charge on any atom is -0.481 e. The summed E-state index contributed by atoms with van der Waals surface area (Å²) < 4.78 is 43.1. The Bertz CT molecular complexity index is 761. The fourth-order valence-corrected chi connectivity index (χ4v) is 2.30. The zero-order valence-corrected chi connectivity index (χ0v) is 14.3. The summed E-state index contributed by atoms with van der Waals surface area (Å²) in [4.78, 5) is 24.3. The average molecular weight is 381 g/mol. The largest absolute Gasteiger partial charge is 0.481 e. The first-order valence-electron chi connectivity index (χ1n) is 8.09. The van der Waals surface area contributed by atoms with Crippen molar-refractivity contribution in [2.75, 3.05) is 6.54 Å². The third kappa shape index (κ3) is 6.65. The minimum absolute atomic E-state index is 0.0102. The average Bonchev–Trinajstić information content (AvgIpc) is 2.63. The Morgan fingerprint density at radius 2 is 1.59 bits per heavy atom. The molecule has 1 amide bonds. The molecule has 2 aromatic rings. The Kier molecular flexibility index (Phi) is 6.81. The lowest BCUT2D eigenvalue weighted by Crippen LogP contribution is -2.33. The molecule has 0 fully saturated rings. The van der Waals surface area contributed by atoms with E-state index in [1.54, 1.807) is 24.3 Å². The number of carbonyl (C=O) groups is 2. The fourth-order valence-electron chi connectivity index (χ4n) is 2.30. The van der Waals surface area contributed by atoms with Crippen molar-refractivity contribution in [3.63, 3.8) is 0 Å². The Morgan fingerprint density at radius 1 is 0.963 bits per heavy atom. The first-order chi connectivity index (χ1) is 12.8. The summed E-state index contributed by atoms with van der Waals surface area (Å²) in [5, 5.41) is 8.84. The van der Waals surface area contributed by atoms with Gasteiger partial charge in [-0.15, -0.1) is 0 Å². The molecule has 0 bridgehead atoms. The highest BCUT2D eigenvalue weighted by atomic mass is 19.4. The van der Waals surface area contributed by atoms with E-state index in [0.717, 1.165) is 22.6 Å². The fraction of sp³-hybridized carbons (Fsp3) is 0.263. The van der Waals surface area contributed by atoms with Crippen LogP contribution >= 0.6 is 0 Å². The van der Waals surface area contributed by atoms with E-state index in [0.29, 0.717) is 5.56 Å². The van der Waals surface area contributed by atoms with E-state index in [2.05, 4.69) is 0 Å². The van der Waals surface area contributed by atoms with Crippen molar-refractivity contribution >= 4 is 12.1 Å². The van der Waals surface area contributed by atoms with Crippen molar-refractivity contribution < 1.29 is 32.6 Å². The molecule has 0 atom stereocenters. The Morgan fingerprint density at radius 3 is 2.15 bits per heavy atom. The summed E-state index contributed by atoms with van der Waals surface area (Å²) in [7, 11) is 0. The summed E-state index contributed by atoms with van der Waals surface area (Å²) in [5.74, 6) is -1.09. The number of hydrogen-bond donors (Lipinski definition) is 1. The lowest BCUT2D eigenvalue weighted by atomic mass is 10.1. The number of carboxylic acid groups (broad SMARTS) is 1. The van der Waals surface area contributed by atoms with Crippen LogP contribution < -0.4 is 0 Å². The normalized spacial score (nSPS) is 11.1. The standard InChI is InChI=1S/C19H18F3NO4/c20-19(21,22)16-8-6-14(7-9-16)12-23(11-10-17(24)25)18(26)27-13-15-4-2-1-3-5-15/h1-9H,10-13H2,(H,24,25).